The SMILES string of the molecule is COCC(CCO)Nc1c(C#N)cnc2ccccc12. The van der Waals surface area contributed by atoms with Crippen molar-refractivity contribution in [3.8, 4) is 6.07 Å². The summed E-state index contributed by atoms with van der Waals surface area (Å²) in [6.07, 6.45) is 2.11. The number of aromatic nitrogens is 1. The smallest absolute Gasteiger partial charge is 0.103 e. The third kappa shape index (κ3) is 3.05. The van der Waals surface area contributed by atoms with E-state index in [1.165, 1.54) is 0 Å². The van der Waals surface area contributed by atoms with Gasteiger partial charge in [-0.15, -0.1) is 0 Å². The second-order valence-corrected chi connectivity index (χ2v) is 4.48. The van der Waals surface area contributed by atoms with Crippen molar-refractivity contribution in [2.75, 3.05) is 25.6 Å². The molecular weight excluding hydrogens is 254 g/mol. The molecule has 0 aliphatic heterocycles. The van der Waals surface area contributed by atoms with Crippen LogP contribution >= 0.6 is 0 Å². The van der Waals surface area contributed by atoms with Gasteiger partial charge in [-0.1, -0.05) is 18.2 Å². The summed E-state index contributed by atoms with van der Waals surface area (Å²) < 4.78 is 5.14. The number of pyridine rings is 1. The van der Waals surface area contributed by atoms with E-state index in [-0.39, 0.29) is 12.6 Å². The molecule has 0 fully saturated rings. The van der Waals surface area contributed by atoms with E-state index < -0.39 is 0 Å². The van der Waals surface area contributed by atoms with Crippen LogP contribution in [0.3, 0.4) is 0 Å². The maximum absolute atomic E-state index is 9.24. The van der Waals surface area contributed by atoms with Crippen LogP contribution in [0.2, 0.25) is 0 Å². The Morgan fingerprint density at radius 2 is 2.25 bits per heavy atom. The lowest BCUT2D eigenvalue weighted by Crippen LogP contribution is -2.26. The number of anilines is 1. The predicted molar refractivity (Wildman–Crippen MR) is 77.4 cm³/mol. The summed E-state index contributed by atoms with van der Waals surface area (Å²) in [7, 11) is 1.61. The Balaban J connectivity index is 2.42. The third-order valence-corrected chi connectivity index (χ3v) is 3.09. The van der Waals surface area contributed by atoms with Crippen LogP contribution in [0.5, 0.6) is 0 Å². The van der Waals surface area contributed by atoms with Crippen molar-refractivity contribution in [1.82, 2.24) is 4.98 Å². The lowest BCUT2D eigenvalue weighted by Gasteiger charge is -2.20. The zero-order valence-electron chi connectivity index (χ0n) is 11.3. The number of nitrogens with zero attached hydrogens (tertiary/aromatic N) is 2. The fraction of sp³-hybridized carbons (Fsp3) is 0.333. The summed E-state index contributed by atoms with van der Waals surface area (Å²) in [4.78, 5) is 4.27. The molecule has 0 amide bonds. The Morgan fingerprint density at radius 1 is 1.45 bits per heavy atom. The van der Waals surface area contributed by atoms with Crippen molar-refractivity contribution in [3.05, 3.63) is 36.0 Å². The minimum absolute atomic E-state index is 0.0529. The van der Waals surface area contributed by atoms with Gasteiger partial charge in [0.05, 0.1) is 29.4 Å². The van der Waals surface area contributed by atoms with Crippen LogP contribution in [0.25, 0.3) is 10.9 Å². The van der Waals surface area contributed by atoms with E-state index in [4.69, 9.17) is 9.84 Å². The highest BCUT2D eigenvalue weighted by Crippen LogP contribution is 2.26. The van der Waals surface area contributed by atoms with Crippen molar-refractivity contribution in [2.45, 2.75) is 12.5 Å². The number of hydrogen-bond acceptors (Lipinski definition) is 5. The molecule has 1 aromatic carbocycles. The summed E-state index contributed by atoms with van der Waals surface area (Å²) in [5, 5.41) is 22.5. The quantitative estimate of drug-likeness (QED) is 0.839. The standard InChI is InChI=1S/C15H17N3O2/c1-20-10-12(6-7-19)18-15-11(8-16)9-17-14-5-3-2-4-13(14)15/h2-5,9,12,19H,6-7,10H2,1H3,(H,17,18). The number of hydrogen-bond donors (Lipinski definition) is 2. The molecule has 0 saturated heterocycles. The molecule has 5 heteroatoms. The number of aliphatic hydroxyl groups excluding tert-OH is 1. The first-order chi connectivity index (χ1) is 9.80. The molecule has 0 radical (unpaired) electrons. The second kappa shape index (κ2) is 6.85. The van der Waals surface area contributed by atoms with Gasteiger partial charge in [-0.25, -0.2) is 0 Å². The van der Waals surface area contributed by atoms with Gasteiger partial charge < -0.3 is 15.2 Å². The number of rotatable bonds is 6. The molecular formula is C15H17N3O2. The number of para-hydroxylation sites is 1. The topological polar surface area (TPSA) is 78.2 Å². The summed E-state index contributed by atoms with van der Waals surface area (Å²) in [5.41, 5.74) is 2.06. The number of fused-ring (bicyclic) bond motifs is 1. The molecule has 104 valence electrons. The third-order valence-electron chi connectivity index (χ3n) is 3.09. The van der Waals surface area contributed by atoms with Crippen LogP contribution in [0.15, 0.2) is 30.5 Å². The molecule has 0 aliphatic rings. The summed E-state index contributed by atoms with van der Waals surface area (Å²) in [6, 6.07) is 9.74. The minimum atomic E-state index is -0.0529. The van der Waals surface area contributed by atoms with Crippen LogP contribution in [-0.4, -0.2) is 36.5 Å². The van der Waals surface area contributed by atoms with Gasteiger partial charge in [0, 0.05) is 25.3 Å². The number of methoxy groups -OCH3 is 1. The van der Waals surface area contributed by atoms with Gasteiger partial charge in [0.1, 0.15) is 6.07 Å². The lowest BCUT2D eigenvalue weighted by molar-refractivity contribution is 0.170. The van der Waals surface area contributed by atoms with Crippen LogP contribution in [0.1, 0.15) is 12.0 Å². The molecule has 0 aliphatic carbocycles. The Morgan fingerprint density at radius 3 is 2.95 bits per heavy atom. The molecule has 2 N–H and O–H groups in total. The zero-order valence-corrected chi connectivity index (χ0v) is 11.3. The van der Waals surface area contributed by atoms with E-state index in [0.29, 0.717) is 18.6 Å². The minimum Gasteiger partial charge on any atom is -0.396 e. The van der Waals surface area contributed by atoms with Gasteiger partial charge in [-0.3, -0.25) is 4.98 Å². The van der Waals surface area contributed by atoms with Gasteiger partial charge in [-0.2, -0.15) is 5.26 Å². The summed E-state index contributed by atoms with van der Waals surface area (Å²) >= 11 is 0. The van der Waals surface area contributed by atoms with Gasteiger partial charge in [0.15, 0.2) is 0 Å². The molecule has 1 heterocycles. The van der Waals surface area contributed by atoms with Crippen LogP contribution in [-0.2, 0) is 4.74 Å². The molecule has 5 nitrogen and oxygen atoms in total. The summed E-state index contributed by atoms with van der Waals surface area (Å²) in [6.45, 7) is 0.522. The maximum atomic E-state index is 9.24. The number of aliphatic hydroxyl groups is 1. The van der Waals surface area contributed by atoms with Crippen LogP contribution in [0, 0.1) is 11.3 Å². The Kier molecular flexibility index (Phi) is 4.88. The summed E-state index contributed by atoms with van der Waals surface area (Å²) in [5.74, 6) is 0. The number of ether oxygens (including phenoxy) is 1. The van der Waals surface area contributed by atoms with Crippen LogP contribution in [0.4, 0.5) is 5.69 Å². The van der Waals surface area contributed by atoms with Gasteiger partial charge in [-0.05, 0) is 12.5 Å². The van der Waals surface area contributed by atoms with Gasteiger partial charge in [0.25, 0.3) is 0 Å². The first-order valence-corrected chi connectivity index (χ1v) is 6.44. The van der Waals surface area contributed by atoms with E-state index in [1.807, 2.05) is 24.3 Å². The first-order valence-electron chi connectivity index (χ1n) is 6.44. The van der Waals surface area contributed by atoms with Crippen molar-refractivity contribution in [1.29, 1.82) is 5.26 Å². The molecule has 2 rings (SSSR count). The van der Waals surface area contributed by atoms with Crippen molar-refractivity contribution in [2.24, 2.45) is 0 Å². The molecule has 20 heavy (non-hydrogen) atoms. The molecule has 0 bridgehead atoms. The highest BCUT2D eigenvalue weighted by Gasteiger charge is 2.13. The Bertz CT molecular complexity index is 616. The molecule has 0 saturated carbocycles. The number of nitriles is 1. The molecule has 1 unspecified atom stereocenters. The number of nitrogens with one attached hydrogen (secondary N) is 1. The van der Waals surface area contributed by atoms with Crippen molar-refractivity contribution >= 4 is 16.6 Å². The maximum Gasteiger partial charge on any atom is 0.103 e. The predicted octanol–water partition coefficient (Wildman–Crippen LogP) is 1.92. The number of benzene rings is 1. The lowest BCUT2D eigenvalue weighted by atomic mass is 10.1. The first kappa shape index (κ1) is 14.3. The highest BCUT2D eigenvalue weighted by molar-refractivity contribution is 5.93. The fourth-order valence-electron chi connectivity index (χ4n) is 2.14. The van der Waals surface area contributed by atoms with E-state index in [1.54, 1.807) is 13.3 Å². The Hall–Kier alpha value is -2.16. The average Bonchev–Trinajstić information content (AvgIpc) is 2.48. The van der Waals surface area contributed by atoms with Gasteiger partial charge >= 0.3 is 0 Å². The fourth-order valence-corrected chi connectivity index (χ4v) is 2.14. The average molecular weight is 271 g/mol. The van der Waals surface area contributed by atoms with E-state index in [0.717, 1.165) is 16.6 Å². The molecule has 0 spiro atoms. The second-order valence-electron chi connectivity index (χ2n) is 4.48. The van der Waals surface area contributed by atoms with Crippen molar-refractivity contribution in [3.63, 3.8) is 0 Å². The Labute approximate surface area is 117 Å². The van der Waals surface area contributed by atoms with Gasteiger partial charge in [0.2, 0.25) is 0 Å². The molecule has 1 aromatic heterocycles. The molecule has 2 aromatic rings. The highest BCUT2D eigenvalue weighted by atomic mass is 16.5. The zero-order chi connectivity index (χ0) is 14.4. The molecule has 1 atom stereocenters. The normalized spacial score (nSPS) is 12.1. The van der Waals surface area contributed by atoms with E-state index in [9.17, 15) is 5.26 Å². The van der Waals surface area contributed by atoms with Crippen LogP contribution < -0.4 is 5.32 Å². The van der Waals surface area contributed by atoms with Crippen molar-refractivity contribution < 1.29 is 9.84 Å². The largest absolute Gasteiger partial charge is 0.396 e. The van der Waals surface area contributed by atoms with E-state index in [2.05, 4.69) is 16.4 Å². The monoisotopic (exact) mass is 271 g/mol. The van der Waals surface area contributed by atoms with E-state index >= 15 is 0 Å².